The van der Waals surface area contributed by atoms with Crippen molar-refractivity contribution in [3.05, 3.63) is 81.9 Å². The number of nitrogens with zero attached hydrogens (tertiary/aromatic N) is 2. The van der Waals surface area contributed by atoms with Crippen molar-refractivity contribution >= 4 is 29.5 Å². The molecule has 3 rings (SSSR count). The molecule has 0 aliphatic carbocycles. The number of nitro benzene ring substituents is 1. The molecule has 0 radical (unpaired) electrons. The third-order valence-electron chi connectivity index (χ3n) is 4.99. The highest BCUT2D eigenvalue weighted by Gasteiger charge is 2.34. The standard InChI is InChI=1S/C23H23N3O6/c27-21(11-8-18-6-9-19(10-7-18)26(30)31)25-14-13-24-23(29)20(25)16-22(28)32-15-12-17-4-2-1-3-5-17/h1-11,20H,12-16H2,(H,24,29)/b11-8+. The first-order chi connectivity index (χ1) is 15.4. The van der Waals surface area contributed by atoms with Crippen LogP contribution in [0.15, 0.2) is 60.7 Å². The number of ether oxygens (including phenoxy) is 1. The van der Waals surface area contributed by atoms with Crippen LogP contribution in [0.25, 0.3) is 6.08 Å². The molecule has 166 valence electrons. The number of rotatable bonds is 8. The van der Waals surface area contributed by atoms with Crippen LogP contribution < -0.4 is 5.32 Å². The Morgan fingerprint density at radius 2 is 1.88 bits per heavy atom. The Morgan fingerprint density at radius 3 is 2.56 bits per heavy atom. The molecule has 9 nitrogen and oxygen atoms in total. The predicted molar refractivity (Wildman–Crippen MR) is 116 cm³/mol. The maximum Gasteiger partial charge on any atom is 0.308 e. The van der Waals surface area contributed by atoms with Crippen molar-refractivity contribution in [1.82, 2.24) is 10.2 Å². The fourth-order valence-corrected chi connectivity index (χ4v) is 3.30. The first-order valence-electron chi connectivity index (χ1n) is 10.1. The van der Waals surface area contributed by atoms with Gasteiger partial charge in [0.2, 0.25) is 11.8 Å². The molecule has 1 N–H and O–H groups in total. The second-order valence-electron chi connectivity index (χ2n) is 7.18. The average Bonchev–Trinajstić information content (AvgIpc) is 2.79. The first-order valence-corrected chi connectivity index (χ1v) is 10.1. The smallest absolute Gasteiger partial charge is 0.308 e. The van der Waals surface area contributed by atoms with Crippen molar-refractivity contribution in [3.8, 4) is 0 Å². The molecule has 1 saturated heterocycles. The van der Waals surface area contributed by atoms with E-state index in [-0.39, 0.29) is 31.8 Å². The molecule has 2 aromatic rings. The Balaban J connectivity index is 1.57. The van der Waals surface area contributed by atoms with E-state index in [1.54, 1.807) is 0 Å². The van der Waals surface area contributed by atoms with E-state index in [0.717, 1.165) is 5.56 Å². The van der Waals surface area contributed by atoms with Crippen molar-refractivity contribution in [2.75, 3.05) is 19.7 Å². The van der Waals surface area contributed by atoms with Crippen LogP contribution in [-0.4, -0.2) is 53.3 Å². The zero-order valence-corrected chi connectivity index (χ0v) is 17.3. The minimum absolute atomic E-state index is 0.0491. The van der Waals surface area contributed by atoms with Crippen molar-refractivity contribution in [3.63, 3.8) is 0 Å². The Morgan fingerprint density at radius 1 is 1.16 bits per heavy atom. The van der Waals surface area contributed by atoms with E-state index in [9.17, 15) is 24.5 Å². The lowest BCUT2D eigenvalue weighted by atomic mass is 10.1. The Labute approximate surface area is 184 Å². The van der Waals surface area contributed by atoms with Gasteiger partial charge in [0.1, 0.15) is 6.04 Å². The number of carbonyl (C=O) groups excluding carboxylic acids is 3. The SMILES string of the molecule is O=C(CC1C(=O)NCCN1C(=O)/C=C/c1ccc([N+](=O)[O-])cc1)OCCc1ccccc1. The molecule has 0 aromatic heterocycles. The third kappa shape index (κ3) is 6.24. The topological polar surface area (TPSA) is 119 Å². The van der Waals surface area contributed by atoms with Gasteiger partial charge < -0.3 is 15.0 Å². The number of carbonyl (C=O) groups is 3. The highest BCUT2D eigenvalue weighted by atomic mass is 16.6. The lowest BCUT2D eigenvalue weighted by Gasteiger charge is -2.33. The number of hydrogen-bond acceptors (Lipinski definition) is 6. The van der Waals surface area contributed by atoms with Crippen LogP contribution in [0.5, 0.6) is 0 Å². The molecular formula is C23H23N3O6. The van der Waals surface area contributed by atoms with E-state index in [1.165, 1.54) is 41.3 Å². The number of nitro groups is 1. The molecule has 0 spiro atoms. The summed E-state index contributed by atoms with van der Waals surface area (Å²) in [5.74, 6) is -1.39. The minimum atomic E-state index is -0.956. The normalized spacial score (nSPS) is 15.9. The number of hydrogen-bond donors (Lipinski definition) is 1. The fraction of sp³-hybridized carbons (Fsp3) is 0.261. The maximum atomic E-state index is 12.7. The second kappa shape index (κ2) is 10.9. The molecule has 0 bridgehead atoms. The molecule has 1 fully saturated rings. The van der Waals surface area contributed by atoms with Crippen LogP contribution in [0.2, 0.25) is 0 Å². The lowest BCUT2D eigenvalue weighted by molar-refractivity contribution is -0.384. The Hall–Kier alpha value is -4.01. The quantitative estimate of drug-likeness (QED) is 0.292. The summed E-state index contributed by atoms with van der Waals surface area (Å²) in [7, 11) is 0. The monoisotopic (exact) mass is 437 g/mol. The number of esters is 1. The summed E-state index contributed by atoms with van der Waals surface area (Å²) < 4.78 is 5.25. The molecule has 32 heavy (non-hydrogen) atoms. The Kier molecular flexibility index (Phi) is 7.69. The Bertz CT molecular complexity index is 1000. The van der Waals surface area contributed by atoms with Gasteiger partial charge in [0.15, 0.2) is 0 Å². The van der Waals surface area contributed by atoms with Gasteiger partial charge in [-0.15, -0.1) is 0 Å². The molecule has 2 amide bonds. The fourth-order valence-electron chi connectivity index (χ4n) is 3.30. The summed E-state index contributed by atoms with van der Waals surface area (Å²) in [5.41, 5.74) is 1.58. The molecule has 1 aliphatic rings. The largest absolute Gasteiger partial charge is 0.465 e. The van der Waals surface area contributed by atoms with Gasteiger partial charge in [0.05, 0.1) is 18.0 Å². The van der Waals surface area contributed by atoms with Crippen LogP contribution >= 0.6 is 0 Å². The second-order valence-corrected chi connectivity index (χ2v) is 7.18. The van der Waals surface area contributed by atoms with Gasteiger partial charge >= 0.3 is 5.97 Å². The van der Waals surface area contributed by atoms with Crippen molar-refractivity contribution < 1.29 is 24.0 Å². The van der Waals surface area contributed by atoms with Crippen LogP contribution in [0.1, 0.15) is 17.5 Å². The molecular weight excluding hydrogens is 414 g/mol. The minimum Gasteiger partial charge on any atom is -0.465 e. The van der Waals surface area contributed by atoms with E-state index < -0.39 is 28.7 Å². The maximum absolute atomic E-state index is 12.7. The predicted octanol–water partition coefficient (Wildman–Crippen LogP) is 2.11. The van der Waals surface area contributed by atoms with Crippen molar-refractivity contribution in [2.45, 2.75) is 18.9 Å². The summed E-state index contributed by atoms with van der Waals surface area (Å²) >= 11 is 0. The van der Waals surface area contributed by atoms with E-state index >= 15 is 0 Å². The number of non-ortho nitro benzene ring substituents is 1. The van der Waals surface area contributed by atoms with Crippen LogP contribution in [0.4, 0.5) is 5.69 Å². The number of nitrogens with one attached hydrogen (secondary N) is 1. The van der Waals surface area contributed by atoms with E-state index in [2.05, 4.69) is 5.32 Å². The van der Waals surface area contributed by atoms with Gasteiger partial charge in [-0.1, -0.05) is 30.3 Å². The highest BCUT2D eigenvalue weighted by molar-refractivity contribution is 5.97. The molecule has 1 aliphatic heterocycles. The first kappa shape index (κ1) is 22.7. The third-order valence-corrected chi connectivity index (χ3v) is 4.99. The highest BCUT2D eigenvalue weighted by Crippen LogP contribution is 2.15. The summed E-state index contributed by atoms with van der Waals surface area (Å²) in [5, 5.41) is 13.4. The lowest BCUT2D eigenvalue weighted by Crippen LogP contribution is -2.57. The van der Waals surface area contributed by atoms with Gasteiger partial charge in [-0.05, 0) is 29.3 Å². The van der Waals surface area contributed by atoms with E-state index in [0.29, 0.717) is 12.0 Å². The average molecular weight is 437 g/mol. The molecule has 1 heterocycles. The zero-order valence-electron chi connectivity index (χ0n) is 17.3. The van der Waals surface area contributed by atoms with Crippen LogP contribution in [-0.2, 0) is 25.5 Å². The molecule has 1 atom stereocenters. The van der Waals surface area contributed by atoms with Gasteiger partial charge in [-0.25, -0.2) is 0 Å². The number of benzene rings is 2. The van der Waals surface area contributed by atoms with Gasteiger partial charge in [-0.2, -0.15) is 0 Å². The van der Waals surface area contributed by atoms with Crippen LogP contribution in [0.3, 0.4) is 0 Å². The molecule has 9 heteroatoms. The summed E-state index contributed by atoms with van der Waals surface area (Å²) in [6, 6.07) is 14.3. The molecule has 0 saturated carbocycles. The van der Waals surface area contributed by atoms with Crippen LogP contribution in [0, 0.1) is 10.1 Å². The summed E-state index contributed by atoms with van der Waals surface area (Å²) in [6.07, 6.45) is 3.11. The zero-order chi connectivity index (χ0) is 22.9. The van der Waals surface area contributed by atoms with Crippen molar-refractivity contribution in [1.29, 1.82) is 0 Å². The van der Waals surface area contributed by atoms with Crippen molar-refractivity contribution in [2.24, 2.45) is 0 Å². The van der Waals surface area contributed by atoms with E-state index in [4.69, 9.17) is 4.74 Å². The van der Waals surface area contributed by atoms with Gasteiger partial charge in [-0.3, -0.25) is 24.5 Å². The molecule has 2 aromatic carbocycles. The molecule has 1 unspecified atom stereocenters. The van der Waals surface area contributed by atoms with Gasteiger partial charge in [0, 0.05) is 37.7 Å². The van der Waals surface area contributed by atoms with E-state index in [1.807, 2.05) is 30.3 Å². The number of amides is 2. The van der Waals surface area contributed by atoms with Gasteiger partial charge in [0.25, 0.3) is 5.69 Å². The summed E-state index contributed by atoms with van der Waals surface area (Å²) in [4.78, 5) is 48.8. The summed E-state index contributed by atoms with van der Waals surface area (Å²) in [6.45, 7) is 0.734. The number of piperazine rings is 1.